The van der Waals surface area contributed by atoms with Crippen LogP contribution in [0.3, 0.4) is 0 Å². The van der Waals surface area contributed by atoms with Crippen LogP contribution in [0.4, 0.5) is 0 Å². The molecule has 17 nitrogen and oxygen atoms in total. The number of carbonyl (C=O) groups excluding carboxylic acids is 8. The highest BCUT2D eigenvalue weighted by molar-refractivity contribution is 8.00. The van der Waals surface area contributed by atoms with Gasteiger partial charge in [0.2, 0.25) is 23.6 Å². The van der Waals surface area contributed by atoms with E-state index in [1.165, 1.54) is 25.6 Å². The average molecular weight is 965 g/mol. The maximum absolute atomic E-state index is 13.3. The Balaban J connectivity index is 1.17. The van der Waals surface area contributed by atoms with E-state index in [9.17, 15) is 43.5 Å². The minimum atomic E-state index is -1.29. The number of hydrogen-bond acceptors (Lipinski definition) is 15. The van der Waals surface area contributed by atoms with Gasteiger partial charge in [0.1, 0.15) is 30.8 Å². The van der Waals surface area contributed by atoms with Gasteiger partial charge in [-0.1, -0.05) is 36.8 Å². The van der Waals surface area contributed by atoms with Gasteiger partial charge >= 0.3 is 0 Å². The van der Waals surface area contributed by atoms with Gasteiger partial charge in [0.25, 0.3) is 0 Å². The molecule has 3 rings (SSSR count). The van der Waals surface area contributed by atoms with Gasteiger partial charge in [-0.25, -0.2) is 0 Å². The lowest BCUT2D eigenvalue weighted by atomic mass is 9.91. The predicted molar refractivity (Wildman–Crippen MR) is 252 cm³/mol. The minimum Gasteiger partial charge on any atom is -0.391 e. The number of ketones is 4. The number of carbonyl (C=O) groups is 8. The molecule has 66 heavy (non-hydrogen) atoms. The standard InChI is InChI=1S/C47H72N4O13S2/c1-32(52)36(24-34-10-5-4-6-11-34)25-38(55)28-49-47(60)35(15-23-65-3)26-41(56)46(33(2)53)51-45(59)30-64-22-20-62-18-16-48-44(58)29-63-21-19-61-17-9-13-37(54)12-7-8-14-42-39-27-43(57)50-40(39)31-66-42/h4-6,10-11,33,35-36,39-40,42,46,53H,7-9,12-31H2,1-3H3,(H,48,58)(H,49,60)(H,50,57)(H,51,59)/t33-,35-,36-,39+,40+,42+,46+/m1/s1. The zero-order valence-corrected chi connectivity index (χ0v) is 40.5. The Morgan fingerprint density at radius 1 is 0.833 bits per heavy atom. The Morgan fingerprint density at radius 2 is 1.52 bits per heavy atom. The number of ether oxygens (including phenoxy) is 4. The van der Waals surface area contributed by atoms with Crippen LogP contribution in [0, 0.1) is 17.8 Å². The van der Waals surface area contributed by atoms with Crippen LogP contribution in [-0.2, 0) is 63.7 Å². The number of aliphatic hydroxyl groups excluding tert-OH is 1. The summed E-state index contributed by atoms with van der Waals surface area (Å²) >= 11 is 3.43. The van der Waals surface area contributed by atoms with E-state index >= 15 is 0 Å². The summed E-state index contributed by atoms with van der Waals surface area (Å²) in [5.41, 5.74) is 0.930. The molecule has 0 radical (unpaired) electrons. The van der Waals surface area contributed by atoms with Crippen molar-refractivity contribution in [1.82, 2.24) is 21.3 Å². The number of amides is 4. The molecule has 0 unspecified atom stereocenters. The molecule has 1 aromatic carbocycles. The van der Waals surface area contributed by atoms with Crippen LogP contribution in [-0.4, -0.2) is 159 Å². The third kappa shape index (κ3) is 23.3. The maximum Gasteiger partial charge on any atom is 0.246 e. The van der Waals surface area contributed by atoms with Crippen LogP contribution < -0.4 is 21.3 Å². The Kier molecular flexibility index (Phi) is 28.2. The van der Waals surface area contributed by atoms with Crippen LogP contribution >= 0.6 is 23.5 Å². The van der Waals surface area contributed by atoms with Crippen molar-refractivity contribution in [3.05, 3.63) is 35.9 Å². The summed E-state index contributed by atoms with van der Waals surface area (Å²) in [4.78, 5) is 100. The van der Waals surface area contributed by atoms with Crippen LogP contribution in [0.25, 0.3) is 0 Å². The van der Waals surface area contributed by atoms with Gasteiger partial charge in [0.15, 0.2) is 11.6 Å². The summed E-state index contributed by atoms with van der Waals surface area (Å²) in [5, 5.41) is 21.7. The fourth-order valence-corrected chi connectivity index (χ4v) is 9.93. The molecule has 2 aliphatic heterocycles. The molecule has 0 saturated carbocycles. The van der Waals surface area contributed by atoms with Crippen molar-refractivity contribution in [2.45, 2.75) is 108 Å². The average Bonchev–Trinajstić information content (AvgIpc) is 3.85. The van der Waals surface area contributed by atoms with Gasteiger partial charge in [0, 0.05) is 80.1 Å². The molecule has 0 spiro atoms. The zero-order chi connectivity index (χ0) is 48.1. The zero-order valence-electron chi connectivity index (χ0n) is 38.9. The molecule has 4 amide bonds. The van der Waals surface area contributed by atoms with E-state index < -0.39 is 48.2 Å². The Labute approximate surface area is 397 Å². The first-order valence-electron chi connectivity index (χ1n) is 23.1. The first-order chi connectivity index (χ1) is 31.8. The lowest BCUT2D eigenvalue weighted by molar-refractivity contribution is -0.135. The van der Waals surface area contributed by atoms with Crippen LogP contribution in [0.15, 0.2) is 30.3 Å². The van der Waals surface area contributed by atoms with Gasteiger partial charge in [-0.15, -0.1) is 0 Å². The van der Waals surface area contributed by atoms with Crippen molar-refractivity contribution in [2.24, 2.45) is 17.8 Å². The Bertz CT molecular complexity index is 1690. The topological polar surface area (TPSA) is 242 Å². The highest BCUT2D eigenvalue weighted by Crippen LogP contribution is 2.40. The van der Waals surface area contributed by atoms with E-state index in [0.717, 1.165) is 30.6 Å². The van der Waals surface area contributed by atoms with Gasteiger partial charge in [-0.2, -0.15) is 23.5 Å². The van der Waals surface area contributed by atoms with Crippen LogP contribution in [0.5, 0.6) is 0 Å². The quantitative estimate of drug-likeness (QED) is 0.0598. The third-order valence-corrected chi connectivity index (χ3v) is 13.6. The van der Waals surface area contributed by atoms with Crippen LogP contribution in [0.2, 0.25) is 0 Å². The summed E-state index contributed by atoms with van der Waals surface area (Å²) in [6.45, 7) is 3.52. The lowest BCUT2D eigenvalue weighted by Gasteiger charge is -2.23. The van der Waals surface area contributed by atoms with E-state index in [1.54, 1.807) is 0 Å². The van der Waals surface area contributed by atoms with Gasteiger partial charge in [-0.3, -0.25) is 38.4 Å². The monoisotopic (exact) mass is 964 g/mol. The first kappa shape index (κ1) is 56.6. The summed E-state index contributed by atoms with van der Waals surface area (Å²) in [5.74, 6) is -1.39. The molecule has 2 heterocycles. The molecule has 7 atom stereocenters. The molecule has 19 heteroatoms. The molecule has 370 valence electrons. The second-order valence-electron chi connectivity index (χ2n) is 16.9. The lowest BCUT2D eigenvalue weighted by Crippen LogP contribution is -2.50. The largest absolute Gasteiger partial charge is 0.391 e. The van der Waals surface area contributed by atoms with E-state index in [2.05, 4.69) is 21.3 Å². The molecule has 1 aromatic rings. The van der Waals surface area contributed by atoms with Gasteiger partial charge < -0.3 is 45.3 Å². The number of thioether (sulfide) groups is 2. The number of rotatable bonds is 38. The maximum atomic E-state index is 13.3. The van der Waals surface area contributed by atoms with Crippen molar-refractivity contribution < 1.29 is 62.4 Å². The predicted octanol–water partition coefficient (Wildman–Crippen LogP) is 2.42. The number of aliphatic hydroxyl groups is 1. The van der Waals surface area contributed by atoms with E-state index in [4.69, 9.17) is 18.9 Å². The van der Waals surface area contributed by atoms with Crippen molar-refractivity contribution >= 4 is 70.3 Å². The second-order valence-corrected chi connectivity index (χ2v) is 19.1. The molecule has 2 saturated heterocycles. The molecular weight excluding hydrogens is 893 g/mol. The van der Waals surface area contributed by atoms with Gasteiger partial charge in [-0.05, 0) is 63.5 Å². The third-order valence-electron chi connectivity index (χ3n) is 11.4. The number of fused-ring (bicyclic) bond motifs is 1. The number of benzene rings is 1. The van der Waals surface area contributed by atoms with E-state index in [1.807, 2.05) is 48.3 Å². The summed E-state index contributed by atoms with van der Waals surface area (Å²) in [6, 6.07) is 8.40. The fraction of sp³-hybridized carbons (Fsp3) is 0.702. The van der Waals surface area contributed by atoms with Crippen molar-refractivity contribution in [3.63, 3.8) is 0 Å². The van der Waals surface area contributed by atoms with Gasteiger partial charge in [0.05, 0.1) is 45.7 Å². The SMILES string of the molecule is CSCC[C@H](CC(=O)[C@@H](NC(=O)COCCOCCNC(=O)COCCOCCCC(=O)CCCC[C@@H]1SC[C@@H]2NC(=O)C[C@@H]21)[C@@H](C)O)C(=O)NCC(=O)C[C@@H](Cc1ccccc1)C(C)=O. The Hall–Kier alpha value is -3.72. The summed E-state index contributed by atoms with van der Waals surface area (Å²) < 4.78 is 21.6. The number of unbranched alkanes of at least 4 members (excludes halogenated alkanes) is 1. The van der Waals surface area contributed by atoms with Crippen molar-refractivity contribution in [1.29, 1.82) is 0 Å². The fourth-order valence-electron chi connectivity index (χ4n) is 7.76. The first-order valence-corrected chi connectivity index (χ1v) is 25.5. The molecule has 2 fully saturated rings. The second kappa shape index (κ2) is 32.9. The number of hydrogen-bond donors (Lipinski definition) is 5. The summed E-state index contributed by atoms with van der Waals surface area (Å²) in [7, 11) is 0. The van der Waals surface area contributed by atoms with Crippen molar-refractivity contribution in [2.75, 3.05) is 83.7 Å². The van der Waals surface area contributed by atoms with E-state index in [0.29, 0.717) is 74.7 Å². The molecule has 2 aliphatic rings. The minimum absolute atomic E-state index is 0.0306. The van der Waals surface area contributed by atoms with Crippen LogP contribution in [0.1, 0.15) is 83.6 Å². The number of Topliss-reactive ketones (excluding diaryl/α,β-unsaturated/α-hetero) is 4. The molecule has 0 aliphatic carbocycles. The van der Waals surface area contributed by atoms with Crippen molar-refractivity contribution in [3.8, 4) is 0 Å². The molecular formula is C47H72N4O13S2. The van der Waals surface area contributed by atoms with E-state index in [-0.39, 0.29) is 88.1 Å². The summed E-state index contributed by atoms with van der Waals surface area (Å²) in [6.07, 6.45) is 6.26. The molecule has 0 aromatic heterocycles. The smallest absolute Gasteiger partial charge is 0.246 e. The highest BCUT2D eigenvalue weighted by atomic mass is 32.2. The molecule has 0 bridgehead atoms. The molecule has 5 N–H and O–H groups in total. The number of nitrogens with one attached hydrogen (secondary N) is 4. The highest BCUT2D eigenvalue weighted by Gasteiger charge is 2.42. The Morgan fingerprint density at radius 3 is 2.21 bits per heavy atom. The normalized spacial score (nSPS) is 18.4.